The third kappa shape index (κ3) is 2.24. The minimum absolute atomic E-state index is 0.328. The van der Waals surface area contributed by atoms with E-state index >= 15 is 0 Å². The zero-order valence-electron chi connectivity index (χ0n) is 15.7. The van der Waals surface area contributed by atoms with E-state index < -0.39 is 0 Å². The molecule has 0 aliphatic heterocycles. The first-order chi connectivity index (χ1) is 12.7. The average Bonchev–Trinajstić information content (AvgIpc) is 3.14. The maximum atomic E-state index is 2.66. The van der Waals surface area contributed by atoms with E-state index in [0.717, 1.165) is 12.5 Å². The molecule has 2 aliphatic rings. The van der Waals surface area contributed by atoms with Crippen molar-refractivity contribution in [2.75, 3.05) is 6.26 Å². The molecule has 3 atom stereocenters. The number of para-hydroxylation sites is 1. The molecule has 0 unspecified atom stereocenters. The van der Waals surface area contributed by atoms with Crippen molar-refractivity contribution in [1.29, 1.82) is 0 Å². The molecule has 1 saturated carbocycles. The standard InChI is InChI=1S/C24H27NS/c1-24-15-9-8-13-19(24)22(26-2)21-18-12-6-7-14-20(18)25(23(21)24)16-17-10-4-3-5-11-17/h3-7,10-12,14,19,22H,8-9,13,15-16H2,1-2H3/t19-,22-,24+/m0/s1. The molecule has 0 radical (unpaired) electrons. The Morgan fingerprint density at radius 2 is 1.81 bits per heavy atom. The van der Waals surface area contributed by atoms with Crippen LogP contribution in [0.25, 0.3) is 10.9 Å². The summed E-state index contributed by atoms with van der Waals surface area (Å²) in [4.78, 5) is 0. The smallest absolute Gasteiger partial charge is 0.0489 e. The molecule has 134 valence electrons. The Kier molecular flexibility index (Phi) is 3.93. The zero-order chi connectivity index (χ0) is 17.7. The van der Waals surface area contributed by atoms with Crippen LogP contribution in [-0.4, -0.2) is 10.8 Å². The Hall–Kier alpha value is -1.67. The van der Waals surface area contributed by atoms with Crippen molar-refractivity contribution in [2.45, 2.75) is 49.8 Å². The number of thioether (sulfide) groups is 1. The highest BCUT2D eigenvalue weighted by atomic mass is 32.2. The third-order valence-electron chi connectivity index (χ3n) is 6.92. The largest absolute Gasteiger partial charge is 0.339 e. The molecule has 2 heteroatoms. The van der Waals surface area contributed by atoms with Gasteiger partial charge in [-0.25, -0.2) is 0 Å². The van der Waals surface area contributed by atoms with Crippen LogP contribution < -0.4 is 0 Å². The SMILES string of the molecule is CS[C@@H]1c2c(n(Cc3ccccc3)c3ccccc23)[C@]2(C)CCCC[C@@H]12. The molecular formula is C24H27NS. The minimum atomic E-state index is 0.328. The van der Waals surface area contributed by atoms with E-state index in [-0.39, 0.29) is 0 Å². The van der Waals surface area contributed by atoms with Crippen molar-refractivity contribution >= 4 is 22.7 Å². The van der Waals surface area contributed by atoms with Gasteiger partial charge in [-0.3, -0.25) is 0 Å². The fourth-order valence-corrected chi connectivity index (χ4v) is 7.03. The summed E-state index contributed by atoms with van der Waals surface area (Å²) in [6, 6.07) is 20.1. The quantitative estimate of drug-likeness (QED) is 0.512. The van der Waals surface area contributed by atoms with Gasteiger partial charge in [-0.2, -0.15) is 11.8 Å². The molecule has 2 aliphatic carbocycles. The molecule has 2 aromatic carbocycles. The van der Waals surface area contributed by atoms with E-state index in [0.29, 0.717) is 10.7 Å². The second-order valence-corrected chi connectivity index (χ2v) is 9.26. The molecule has 0 bridgehead atoms. The van der Waals surface area contributed by atoms with E-state index in [2.05, 4.69) is 84.1 Å². The van der Waals surface area contributed by atoms with E-state index in [9.17, 15) is 0 Å². The summed E-state index contributed by atoms with van der Waals surface area (Å²) < 4.78 is 2.66. The fraction of sp³-hybridized carbons (Fsp3) is 0.417. The van der Waals surface area contributed by atoms with E-state index in [1.807, 2.05) is 0 Å². The number of nitrogens with zero attached hydrogens (tertiary/aromatic N) is 1. The van der Waals surface area contributed by atoms with Crippen LogP contribution in [0.15, 0.2) is 54.6 Å². The summed E-state index contributed by atoms with van der Waals surface area (Å²) in [6.07, 6.45) is 7.82. The van der Waals surface area contributed by atoms with Gasteiger partial charge in [-0.1, -0.05) is 68.3 Å². The van der Waals surface area contributed by atoms with Gasteiger partial charge in [0, 0.05) is 33.8 Å². The number of fused-ring (bicyclic) bond motifs is 5. The number of hydrogen-bond donors (Lipinski definition) is 0. The lowest BCUT2D eigenvalue weighted by Crippen LogP contribution is -2.34. The molecule has 0 saturated heterocycles. The lowest BCUT2D eigenvalue weighted by Gasteiger charge is -2.39. The zero-order valence-corrected chi connectivity index (χ0v) is 16.6. The van der Waals surface area contributed by atoms with Gasteiger partial charge in [0.05, 0.1) is 0 Å². The summed E-state index contributed by atoms with van der Waals surface area (Å²) in [6.45, 7) is 3.55. The fourth-order valence-electron chi connectivity index (χ4n) is 5.79. The monoisotopic (exact) mass is 361 g/mol. The summed E-state index contributed by atoms with van der Waals surface area (Å²) >= 11 is 2.08. The van der Waals surface area contributed by atoms with Crippen LogP contribution in [-0.2, 0) is 12.0 Å². The summed E-state index contributed by atoms with van der Waals surface area (Å²) in [5, 5.41) is 2.14. The normalized spacial score (nSPS) is 27.5. The predicted octanol–water partition coefficient (Wildman–Crippen LogP) is 6.56. The first kappa shape index (κ1) is 16.5. The average molecular weight is 362 g/mol. The Morgan fingerprint density at radius 1 is 1.04 bits per heavy atom. The molecule has 0 amide bonds. The highest BCUT2D eigenvalue weighted by Crippen LogP contribution is 2.62. The molecule has 0 spiro atoms. The van der Waals surface area contributed by atoms with Crippen molar-refractivity contribution in [3.8, 4) is 0 Å². The van der Waals surface area contributed by atoms with Gasteiger partial charge in [0.25, 0.3) is 0 Å². The lowest BCUT2D eigenvalue weighted by atomic mass is 9.68. The highest BCUT2D eigenvalue weighted by Gasteiger charge is 2.52. The molecule has 1 nitrogen and oxygen atoms in total. The maximum Gasteiger partial charge on any atom is 0.0489 e. The van der Waals surface area contributed by atoms with Gasteiger partial charge in [0.15, 0.2) is 0 Å². The van der Waals surface area contributed by atoms with Crippen LogP contribution in [0.2, 0.25) is 0 Å². The van der Waals surface area contributed by atoms with Crippen LogP contribution in [0.1, 0.15) is 54.7 Å². The topological polar surface area (TPSA) is 4.93 Å². The predicted molar refractivity (Wildman–Crippen MR) is 113 cm³/mol. The van der Waals surface area contributed by atoms with E-state index in [1.54, 1.807) is 11.3 Å². The van der Waals surface area contributed by atoms with Gasteiger partial charge in [-0.05, 0) is 42.2 Å². The van der Waals surface area contributed by atoms with Crippen LogP contribution in [0.3, 0.4) is 0 Å². The van der Waals surface area contributed by atoms with Crippen LogP contribution in [0.4, 0.5) is 0 Å². The van der Waals surface area contributed by atoms with Gasteiger partial charge >= 0.3 is 0 Å². The second-order valence-electron chi connectivity index (χ2n) is 8.28. The first-order valence-electron chi connectivity index (χ1n) is 9.92. The number of hydrogen-bond acceptors (Lipinski definition) is 1. The molecule has 1 heterocycles. The Morgan fingerprint density at radius 3 is 2.62 bits per heavy atom. The molecule has 3 aromatic rings. The first-order valence-corrected chi connectivity index (χ1v) is 11.2. The number of rotatable bonds is 3. The van der Waals surface area contributed by atoms with Crippen LogP contribution in [0.5, 0.6) is 0 Å². The number of aromatic nitrogens is 1. The van der Waals surface area contributed by atoms with Crippen molar-refractivity contribution in [2.24, 2.45) is 5.92 Å². The van der Waals surface area contributed by atoms with Crippen LogP contribution >= 0.6 is 11.8 Å². The van der Waals surface area contributed by atoms with Crippen molar-refractivity contribution < 1.29 is 0 Å². The molecule has 1 fully saturated rings. The third-order valence-corrected chi connectivity index (χ3v) is 7.99. The Bertz CT molecular complexity index is 942. The van der Waals surface area contributed by atoms with E-state index in [4.69, 9.17) is 0 Å². The lowest BCUT2D eigenvalue weighted by molar-refractivity contribution is 0.214. The molecule has 5 rings (SSSR count). The second kappa shape index (κ2) is 6.20. The molecular weight excluding hydrogens is 334 g/mol. The van der Waals surface area contributed by atoms with Crippen LogP contribution in [0, 0.1) is 5.92 Å². The summed E-state index contributed by atoms with van der Waals surface area (Å²) in [5.41, 5.74) is 6.45. The molecule has 1 aromatic heterocycles. The van der Waals surface area contributed by atoms with Crippen molar-refractivity contribution in [3.63, 3.8) is 0 Å². The Labute approximate surface area is 160 Å². The number of benzene rings is 2. The van der Waals surface area contributed by atoms with E-state index in [1.165, 1.54) is 42.1 Å². The van der Waals surface area contributed by atoms with Crippen molar-refractivity contribution in [1.82, 2.24) is 4.57 Å². The highest BCUT2D eigenvalue weighted by molar-refractivity contribution is 7.98. The molecule has 0 N–H and O–H groups in total. The van der Waals surface area contributed by atoms with Crippen molar-refractivity contribution in [3.05, 3.63) is 71.4 Å². The van der Waals surface area contributed by atoms with Gasteiger partial charge in [-0.15, -0.1) is 0 Å². The van der Waals surface area contributed by atoms with Gasteiger partial charge < -0.3 is 4.57 Å². The van der Waals surface area contributed by atoms with Gasteiger partial charge in [0.2, 0.25) is 0 Å². The maximum absolute atomic E-state index is 2.66. The summed E-state index contributed by atoms with van der Waals surface area (Å²) in [7, 11) is 0. The van der Waals surface area contributed by atoms with Gasteiger partial charge in [0.1, 0.15) is 0 Å². The Balaban J connectivity index is 1.77. The molecule has 26 heavy (non-hydrogen) atoms. The minimum Gasteiger partial charge on any atom is -0.339 e. The summed E-state index contributed by atoms with van der Waals surface area (Å²) in [5.74, 6) is 0.794.